The van der Waals surface area contributed by atoms with Crippen LogP contribution in [-0.2, 0) is 19.1 Å². The van der Waals surface area contributed by atoms with Crippen LogP contribution in [0.2, 0.25) is 0 Å². The summed E-state index contributed by atoms with van der Waals surface area (Å²) >= 11 is 3.68. The van der Waals surface area contributed by atoms with Crippen molar-refractivity contribution < 1.29 is 19.1 Å². The molecule has 0 aromatic carbocycles. The van der Waals surface area contributed by atoms with Gasteiger partial charge in [-0.05, 0) is 12.8 Å². The van der Waals surface area contributed by atoms with Crippen molar-refractivity contribution in [3.8, 4) is 6.07 Å². The average Bonchev–Trinajstić information content (AvgIpc) is 2.41. The van der Waals surface area contributed by atoms with E-state index in [2.05, 4.69) is 29.3 Å². The van der Waals surface area contributed by atoms with Crippen LogP contribution >= 0.6 is 12.6 Å². The normalized spacial score (nSPS) is 12.7. The third-order valence-corrected chi connectivity index (χ3v) is 2.93. The van der Waals surface area contributed by atoms with Gasteiger partial charge in [0.25, 0.3) is 0 Å². The first-order chi connectivity index (χ1) is 9.42. The maximum Gasteiger partial charge on any atom is 0.329 e. The van der Waals surface area contributed by atoms with Crippen LogP contribution in [-0.4, -0.2) is 29.6 Å². The quantitative estimate of drug-likeness (QED) is 0.376. The van der Waals surface area contributed by atoms with Crippen molar-refractivity contribution >= 4 is 29.6 Å². The van der Waals surface area contributed by atoms with E-state index < -0.39 is 24.5 Å². The highest BCUT2D eigenvalue weighted by atomic mass is 32.1. The van der Waals surface area contributed by atoms with Crippen LogP contribution < -0.4 is 5.32 Å². The van der Waals surface area contributed by atoms with Crippen LogP contribution in [0.15, 0.2) is 12.7 Å². The highest BCUT2D eigenvalue weighted by Gasteiger charge is 2.26. The lowest BCUT2D eigenvalue weighted by Gasteiger charge is -2.19. The van der Waals surface area contributed by atoms with E-state index in [0.29, 0.717) is 6.42 Å². The Morgan fingerprint density at radius 2 is 2.15 bits per heavy atom. The standard InChI is InChI=1S/C13H18N2O4S/c1-3-4-5-11(16)15-10(8-9(2)13(18)20)12(17)19-7-6-14/h3,9-10H,1,4-5,7-8H2,2H3,(H,15,16)(H,18,20)/t9?,10-/m0/s1. The molecule has 0 fully saturated rings. The summed E-state index contributed by atoms with van der Waals surface area (Å²) in [6.45, 7) is 4.69. The number of rotatable bonds is 9. The molecule has 7 heteroatoms. The molecule has 0 aliphatic rings. The van der Waals surface area contributed by atoms with Crippen LogP contribution in [0.3, 0.4) is 0 Å². The van der Waals surface area contributed by atoms with Gasteiger partial charge in [-0.1, -0.05) is 13.0 Å². The zero-order chi connectivity index (χ0) is 15.5. The second kappa shape index (κ2) is 10.0. The molecule has 110 valence electrons. The van der Waals surface area contributed by atoms with Crippen LogP contribution in [0.4, 0.5) is 0 Å². The van der Waals surface area contributed by atoms with Gasteiger partial charge in [0.05, 0.1) is 0 Å². The van der Waals surface area contributed by atoms with E-state index in [9.17, 15) is 14.4 Å². The Morgan fingerprint density at radius 1 is 1.50 bits per heavy atom. The summed E-state index contributed by atoms with van der Waals surface area (Å²) in [4.78, 5) is 34.4. The van der Waals surface area contributed by atoms with Crippen molar-refractivity contribution in [2.45, 2.75) is 32.2 Å². The number of hydrogen-bond donors (Lipinski definition) is 2. The first-order valence-corrected chi connectivity index (χ1v) is 6.53. The molecule has 1 amide bonds. The molecule has 0 saturated heterocycles. The molecule has 20 heavy (non-hydrogen) atoms. The number of hydrogen-bond acceptors (Lipinski definition) is 5. The van der Waals surface area contributed by atoms with Gasteiger partial charge in [0, 0.05) is 12.3 Å². The highest BCUT2D eigenvalue weighted by molar-refractivity contribution is 7.96. The maximum atomic E-state index is 11.7. The van der Waals surface area contributed by atoms with E-state index in [1.54, 1.807) is 19.1 Å². The number of nitrogens with one attached hydrogen (secondary N) is 1. The lowest BCUT2D eigenvalue weighted by atomic mass is 10.0. The molecule has 2 atom stereocenters. The molecule has 0 bridgehead atoms. The first kappa shape index (κ1) is 18.2. The molecular weight excluding hydrogens is 280 g/mol. The molecule has 0 aromatic rings. The smallest absolute Gasteiger partial charge is 0.329 e. The molecule has 0 aromatic heterocycles. The number of carbonyl (C=O) groups excluding carboxylic acids is 3. The Balaban J connectivity index is 4.65. The van der Waals surface area contributed by atoms with Gasteiger partial charge >= 0.3 is 5.97 Å². The van der Waals surface area contributed by atoms with Gasteiger partial charge in [0.15, 0.2) is 11.7 Å². The van der Waals surface area contributed by atoms with Gasteiger partial charge in [-0.3, -0.25) is 9.59 Å². The summed E-state index contributed by atoms with van der Waals surface area (Å²) in [5.41, 5.74) is 0. The fourth-order valence-electron chi connectivity index (χ4n) is 1.37. The number of ether oxygens (including phenoxy) is 1. The predicted octanol–water partition coefficient (Wildman–Crippen LogP) is 0.987. The second-order valence-electron chi connectivity index (χ2n) is 4.19. The molecular formula is C13H18N2O4S. The van der Waals surface area contributed by atoms with Crippen molar-refractivity contribution in [2.24, 2.45) is 5.92 Å². The predicted molar refractivity (Wildman–Crippen MR) is 75.7 cm³/mol. The van der Waals surface area contributed by atoms with Gasteiger partial charge in [-0.15, -0.1) is 19.2 Å². The molecule has 0 saturated carbocycles. The van der Waals surface area contributed by atoms with Crippen LogP contribution in [0.1, 0.15) is 26.2 Å². The molecule has 0 spiro atoms. The second-order valence-corrected chi connectivity index (χ2v) is 4.63. The summed E-state index contributed by atoms with van der Waals surface area (Å²) in [5, 5.41) is 10.5. The lowest BCUT2D eigenvalue weighted by Crippen LogP contribution is -2.43. The number of nitrogens with zero attached hydrogens (tertiary/aromatic N) is 1. The van der Waals surface area contributed by atoms with Crippen LogP contribution in [0, 0.1) is 17.2 Å². The molecule has 1 unspecified atom stereocenters. The Hall–Kier alpha value is -1.81. The molecule has 0 heterocycles. The first-order valence-electron chi connectivity index (χ1n) is 6.09. The number of carbonyl (C=O) groups is 3. The van der Waals surface area contributed by atoms with Crippen LogP contribution in [0.25, 0.3) is 0 Å². The number of esters is 1. The Bertz CT molecular complexity index is 417. The molecule has 6 nitrogen and oxygen atoms in total. The van der Waals surface area contributed by atoms with Gasteiger partial charge < -0.3 is 10.1 Å². The van der Waals surface area contributed by atoms with E-state index in [1.165, 1.54) is 0 Å². The number of amides is 1. The van der Waals surface area contributed by atoms with Gasteiger partial charge in [-0.2, -0.15) is 5.26 Å². The Morgan fingerprint density at radius 3 is 2.65 bits per heavy atom. The van der Waals surface area contributed by atoms with Crippen molar-refractivity contribution in [1.82, 2.24) is 5.32 Å². The largest absolute Gasteiger partial charge is 0.449 e. The third kappa shape index (κ3) is 7.59. The number of thiol groups is 1. The van der Waals surface area contributed by atoms with E-state index in [4.69, 9.17) is 5.26 Å². The minimum absolute atomic E-state index is 0.0758. The molecule has 0 aliphatic heterocycles. The van der Waals surface area contributed by atoms with E-state index in [1.807, 2.05) is 0 Å². The number of nitriles is 1. The average molecular weight is 298 g/mol. The van der Waals surface area contributed by atoms with Gasteiger partial charge in [0.2, 0.25) is 5.91 Å². The van der Waals surface area contributed by atoms with Crippen molar-refractivity contribution in [3.63, 3.8) is 0 Å². The minimum Gasteiger partial charge on any atom is -0.449 e. The van der Waals surface area contributed by atoms with E-state index in [0.717, 1.165) is 0 Å². The SMILES string of the molecule is C=CCCC(=O)N[C@@H](CC(C)C(=O)S)C(=O)OCC#N. The maximum absolute atomic E-state index is 11.7. The van der Waals surface area contributed by atoms with E-state index in [-0.39, 0.29) is 23.9 Å². The minimum atomic E-state index is -0.966. The zero-order valence-electron chi connectivity index (χ0n) is 11.3. The number of allylic oxidation sites excluding steroid dienone is 1. The van der Waals surface area contributed by atoms with Crippen LogP contribution in [0.5, 0.6) is 0 Å². The van der Waals surface area contributed by atoms with Gasteiger partial charge in [-0.25, -0.2) is 4.79 Å². The van der Waals surface area contributed by atoms with Crippen molar-refractivity contribution in [2.75, 3.05) is 6.61 Å². The molecule has 1 N–H and O–H groups in total. The summed E-state index contributed by atoms with van der Waals surface area (Å²) in [6, 6.07) is 0.700. The Kier molecular flexibility index (Phi) is 9.13. The highest BCUT2D eigenvalue weighted by Crippen LogP contribution is 2.11. The summed E-state index contributed by atoms with van der Waals surface area (Å²) in [7, 11) is 0. The van der Waals surface area contributed by atoms with Crippen molar-refractivity contribution in [3.05, 3.63) is 12.7 Å². The summed E-state index contributed by atoms with van der Waals surface area (Å²) in [6.07, 6.45) is 2.33. The van der Waals surface area contributed by atoms with Gasteiger partial charge in [0.1, 0.15) is 12.1 Å². The molecule has 0 aliphatic carbocycles. The zero-order valence-corrected chi connectivity index (χ0v) is 12.2. The topological polar surface area (TPSA) is 96.3 Å². The molecule has 0 radical (unpaired) electrons. The van der Waals surface area contributed by atoms with Crippen molar-refractivity contribution in [1.29, 1.82) is 5.26 Å². The summed E-state index contributed by atoms with van der Waals surface area (Å²) in [5.74, 6) is -1.60. The monoisotopic (exact) mass is 298 g/mol. The molecule has 0 rings (SSSR count). The Labute approximate surface area is 123 Å². The summed E-state index contributed by atoms with van der Waals surface area (Å²) < 4.78 is 4.67. The third-order valence-electron chi connectivity index (χ3n) is 2.49. The lowest BCUT2D eigenvalue weighted by molar-refractivity contribution is -0.147. The fourth-order valence-corrected chi connectivity index (χ4v) is 1.48. The fraction of sp³-hybridized carbons (Fsp3) is 0.538. The van der Waals surface area contributed by atoms with E-state index >= 15 is 0 Å².